The number of aromatic nitrogens is 2. The summed E-state index contributed by atoms with van der Waals surface area (Å²) >= 11 is 0. The maximum Gasteiger partial charge on any atom is 0.0718 e. The zero-order valence-electron chi connectivity index (χ0n) is 8.94. The Morgan fingerprint density at radius 1 is 1.20 bits per heavy atom. The van der Waals surface area contributed by atoms with Crippen LogP contribution in [-0.2, 0) is 6.61 Å². The molecular formula is C12H14N2O. The number of benzene rings is 1. The van der Waals surface area contributed by atoms with Crippen LogP contribution in [0, 0.1) is 13.8 Å². The number of rotatable bonds is 2. The van der Waals surface area contributed by atoms with Crippen LogP contribution < -0.4 is 0 Å². The first-order chi connectivity index (χ1) is 7.24. The first-order valence-electron chi connectivity index (χ1n) is 4.95. The number of aliphatic hydroxyl groups is 1. The highest BCUT2D eigenvalue weighted by Crippen LogP contribution is 2.17. The molecule has 78 valence electrons. The van der Waals surface area contributed by atoms with Gasteiger partial charge in [-0.2, -0.15) is 5.10 Å². The molecule has 1 N–H and O–H groups in total. The standard InChI is InChI=1S/C12H14N2O/c1-9-12(8-15)10(2)14(13-9)11-6-4-3-5-7-11/h3-7,15H,8H2,1-2H3. The number of nitrogens with zero attached hydrogens (tertiary/aromatic N) is 2. The zero-order chi connectivity index (χ0) is 10.8. The monoisotopic (exact) mass is 202 g/mol. The molecule has 0 unspecified atom stereocenters. The maximum absolute atomic E-state index is 9.21. The van der Waals surface area contributed by atoms with Crippen molar-refractivity contribution >= 4 is 0 Å². The van der Waals surface area contributed by atoms with Crippen molar-refractivity contribution in [3.05, 3.63) is 47.3 Å². The van der Waals surface area contributed by atoms with Crippen LogP contribution in [0.3, 0.4) is 0 Å². The number of aliphatic hydroxyl groups excluding tert-OH is 1. The molecule has 2 rings (SSSR count). The first-order valence-corrected chi connectivity index (χ1v) is 4.95. The topological polar surface area (TPSA) is 38.0 Å². The molecule has 0 saturated carbocycles. The van der Waals surface area contributed by atoms with E-state index in [1.807, 2.05) is 48.9 Å². The van der Waals surface area contributed by atoms with E-state index in [2.05, 4.69) is 5.10 Å². The van der Waals surface area contributed by atoms with E-state index in [-0.39, 0.29) is 6.61 Å². The van der Waals surface area contributed by atoms with E-state index in [0.29, 0.717) is 0 Å². The molecule has 0 saturated heterocycles. The van der Waals surface area contributed by atoms with E-state index in [0.717, 1.165) is 22.6 Å². The van der Waals surface area contributed by atoms with Gasteiger partial charge in [0, 0.05) is 11.3 Å². The molecule has 0 amide bonds. The average molecular weight is 202 g/mol. The molecule has 0 atom stereocenters. The summed E-state index contributed by atoms with van der Waals surface area (Å²) in [6.45, 7) is 3.93. The summed E-state index contributed by atoms with van der Waals surface area (Å²) in [5.74, 6) is 0. The molecule has 0 fully saturated rings. The van der Waals surface area contributed by atoms with Crippen molar-refractivity contribution in [1.82, 2.24) is 9.78 Å². The highest BCUT2D eigenvalue weighted by atomic mass is 16.3. The molecule has 1 aromatic carbocycles. The predicted molar refractivity (Wildman–Crippen MR) is 59.0 cm³/mol. The Balaban J connectivity index is 2.55. The zero-order valence-corrected chi connectivity index (χ0v) is 8.94. The third-order valence-electron chi connectivity index (χ3n) is 2.60. The summed E-state index contributed by atoms with van der Waals surface area (Å²) in [5, 5.41) is 13.6. The van der Waals surface area contributed by atoms with Crippen LogP contribution in [-0.4, -0.2) is 14.9 Å². The Bertz CT molecular complexity index is 460. The van der Waals surface area contributed by atoms with E-state index < -0.39 is 0 Å². The van der Waals surface area contributed by atoms with E-state index in [1.54, 1.807) is 0 Å². The van der Waals surface area contributed by atoms with Gasteiger partial charge in [0.2, 0.25) is 0 Å². The van der Waals surface area contributed by atoms with Crippen LogP contribution in [0.2, 0.25) is 0 Å². The van der Waals surface area contributed by atoms with Crippen LogP contribution in [0.15, 0.2) is 30.3 Å². The minimum absolute atomic E-state index is 0.0461. The predicted octanol–water partition coefficient (Wildman–Crippen LogP) is 1.98. The lowest BCUT2D eigenvalue weighted by molar-refractivity contribution is 0.280. The number of hydrogen-bond acceptors (Lipinski definition) is 2. The van der Waals surface area contributed by atoms with E-state index in [4.69, 9.17) is 0 Å². The van der Waals surface area contributed by atoms with Gasteiger partial charge in [0.25, 0.3) is 0 Å². The number of hydrogen-bond donors (Lipinski definition) is 1. The minimum Gasteiger partial charge on any atom is -0.392 e. The molecule has 1 aromatic heterocycles. The summed E-state index contributed by atoms with van der Waals surface area (Å²) in [6.07, 6.45) is 0. The largest absolute Gasteiger partial charge is 0.392 e. The van der Waals surface area contributed by atoms with Crippen molar-refractivity contribution in [2.45, 2.75) is 20.5 Å². The lowest BCUT2D eigenvalue weighted by Crippen LogP contribution is -1.98. The van der Waals surface area contributed by atoms with Gasteiger partial charge >= 0.3 is 0 Å². The molecule has 1 heterocycles. The van der Waals surface area contributed by atoms with Gasteiger partial charge in [0.15, 0.2) is 0 Å². The fourth-order valence-corrected chi connectivity index (χ4v) is 1.72. The lowest BCUT2D eigenvalue weighted by Gasteiger charge is -2.03. The van der Waals surface area contributed by atoms with Crippen LogP contribution >= 0.6 is 0 Å². The van der Waals surface area contributed by atoms with Crippen LogP contribution in [0.1, 0.15) is 17.0 Å². The van der Waals surface area contributed by atoms with Gasteiger partial charge in [0.1, 0.15) is 0 Å². The lowest BCUT2D eigenvalue weighted by atomic mass is 10.2. The van der Waals surface area contributed by atoms with Gasteiger partial charge < -0.3 is 5.11 Å². The summed E-state index contributed by atoms with van der Waals surface area (Å²) in [5.41, 5.74) is 3.83. The Morgan fingerprint density at radius 3 is 2.40 bits per heavy atom. The molecule has 2 aromatic rings. The van der Waals surface area contributed by atoms with Crippen LogP contribution in [0.5, 0.6) is 0 Å². The van der Waals surface area contributed by atoms with Crippen molar-refractivity contribution in [3.8, 4) is 5.69 Å². The molecule has 3 heteroatoms. The second-order valence-electron chi connectivity index (χ2n) is 3.55. The maximum atomic E-state index is 9.21. The van der Waals surface area contributed by atoms with E-state index in [1.165, 1.54) is 0 Å². The Labute approximate surface area is 89.0 Å². The van der Waals surface area contributed by atoms with Gasteiger partial charge in [-0.25, -0.2) is 4.68 Å². The molecule has 0 aliphatic rings. The number of para-hydroxylation sites is 1. The SMILES string of the molecule is Cc1nn(-c2ccccc2)c(C)c1CO. The molecule has 0 bridgehead atoms. The third kappa shape index (κ3) is 1.66. The summed E-state index contributed by atoms with van der Waals surface area (Å²) < 4.78 is 1.86. The van der Waals surface area contributed by atoms with Gasteiger partial charge in [-0.1, -0.05) is 18.2 Å². The Kier molecular flexibility index (Phi) is 2.56. The minimum atomic E-state index is 0.0461. The van der Waals surface area contributed by atoms with Crippen molar-refractivity contribution < 1.29 is 5.11 Å². The van der Waals surface area contributed by atoms with Crippen LogP contribution in [0.4, 0.5) is 0 Å². The molecule has 15 heavy (non-hydrogen) atoms. The number of aryl methyl sites for hydroxylation is 1. The quantitative estimate of drug-likeness (QED) is 0.808. The van der Waals surface area contributed by atoms with E-state index in [9.17, 15) is 5.11 Å². The molecule has 0 aliphatic heterocycles. The summed E-state index contributed by atoms with van der Waals surface area (Å²) in [4.78, 5) is 0. The van der Waals surface area contributed by atoms with Gasteiger partial charge in [-0.15, -0.1) is 0 Å². The summed E-state index contributed by atoms with van der Waals surface area (Å²) in [7, 11) is 0. The summed E-state index contributed by atoms with van der Waals surface area (Å²) in [6, 6.07) is 9.93. The fourth-order valence-electron chi connectivity index (χ4n) is 1.72. The average Bonchev–Trinajstić information content (AvgIpc) is 2.55. The normalized spacial score (nSPS) is 10.6. The fraction of sp³-hybridized carbons (Fsp3) is 0.250. The van der Waals surface area contributed by atoms with Gasteiger partial charge in [-0.05, 0) is 26.0 Å². The smallest absolute Gasteiger partial charge is 0.0718 e. The Morgan fingerprint density at radius 2 is 1.87 bits per heavy atom. The van der Waals surface area contributed by atoms with Crippen LogP contribution in [0.25, 0.3) is 5.69 Å². The molecule has 0 spiro atoms. The third-order valence-corrected chi connectivity index (χ3v) is 2.60. The second kappa shape index (κ2) is 3.87. The Hall–Kier alpha value is -1.61. The molecule has 0 aliphatic carbocycles. The molecular weight excluding hydrogens is 188 g/mol. The first kappa shape index (κ1) is 9.93. The molecule has 3 nitrogen and oxygen atoms in total. The highest BCUT2D eigenvalue weighted by Gasteiger charge is 2.10. The second-order valence-corrected chi connectivity index (χ2v) is 3.55. The highest BCUT2D eigenvalue weighted by molar-refractivity contribution is 5.36. The van der Waals surface area contributed by atoms with Crippen molar-refractivity contribution in [1.29, 1.82) is 0 Å². The van der Waals surface area contributed by atoms with Crippen molar-refractivity contribution in [2.75, 3.05) is 0 Å². The molecule has 0 radical (unpaired) electrons. The van der Waals surface area contributed by atoms with Gasteiger partial charge in [0.05, 0.1) is 18.0 Å². The van der Waals surface area contributed by atoms with Crippen molar-refractivity contribution in [3.63, 3.8) is 0 Å². The van der Waals surface area contributed by atoms with Crippen molar-refractivity contribution in [2.24, 2.45) is 0 Å². The van der Waals surface area contributed by atoms with E-state index >= 15 is 0 Å². The van der Waals surface area contributed by atoms with Gasteiger partial charge in [-0.3, -0.25) is 0 Å².